The molecule has 1 N–H and O–H groups in total. The zero-order chi connectivity index (χ0) is 16.1. The summed E-state index contributed by atoms with van der Waals surface area (Å²) in [5.41, 5.74) is 1.92. The van der Waals surface area contributed by atoms with E-state index in [1.807, 2.05) is 29.3 Å². The Labute approximate surface area is 140 Å². The Hall–Kier alpha value is -2.11. The Balaban J connectivity index is 1.49. The molecule has 6 heteroatoms. The summed E-state index contributed by atoms with van der Waals surface area (Å²) in [6.07, 6.45) is 3.67. The first-order valence-electron chi connectivity index (χ1n) is 7.63. The summed E-state index contributed by atoms with van der Waals surface area (Å²) in [6, 6.07) is 11.1. The predicted octanol–water partition coefficient (Wildman–Crippen LogP) is 3.08. The quantitative estimate of drug-likeness (QED) is 0.940. The number of urea groups is 1. The summed E-state index contributed by atoms with van der Waals surface area (Å²) in [6.45, 7) is 4.02. The second-order valence-electron chi connectivity index (χ2n) is 5.56. The molecule has 0 atom stereocenters. The van der Waals surface area contributed by atoms with Gasteiger partial charge in [-0.1, -0.05) is 23.7 Å². The highest BCUT2D eigenvalue weighted by atomic mass is 35.5. The number of hydrogen-bond donors (Lipinski definition) is 1. The zero-order valence-corrected chi connectivity index (χ0v) is 13.5. The molecule has 120 valence electrons. The molecule has 0 radical (unpaired) electrons. The summed E-state index contributed by atoms with van der Waals surface area (Å²) < 4.78 is 0. The number of aromatic nitrogens is 1. The molecule has 1 aromatic heterocycles. The van der Waals surface area contributed by atoms with E-state index in [0.717, 1.165) is 25.3 Å². The summed E-state index contributed by atoms with van der Waals surface area (Å²) in [4.78, 5) is 20.6. The number of anilines is 1. The minimum absolute atomic E-state index is 0.0757. The number of nitrogens with one attached hydrogen (secondary N) is 1. The van der Waals surface area contributed by atoms with Crippen LogP contribution < -0.4 is 5.32 Å². The molecule has 3 rings (SSSR count). The van der Waals surface area contributed by atoms with Gasteiger partial charge in [0.2, 0.25) is 0 Å². The SMILES string of the molecule is O=C(Nc1cccc(Cl)c1)N1CCN(Cc2cccnc2)CC1. The molecule has 0 unspecified atom stereocenters. The molecular weight excluding hydrogens is 312 g/mol. The number of pyridine rings is 1. The van der Waals surface area contributed by atoms with Crippen LogP contribution in [0.2, 0.25) is 5.02 Å². The van der Waals surface area contributed by atoms with Crippen LogP contribution in [0.25, 0.3) is 0 Å². The van der Waals surface area contributed by atoms with Gasteiger partial charge < -0.3 is 10.2 Å². The van der Waals surface area contributed by atoms with E-state index in [9.17, 15) is 4.79 Å². The van der Waals surface area contributed by atoms with Crippen molar-refractivity contribution in [2.75, 3.05) is 31.5 Å². The van der Waals surface area contributed by atoms with Crippen molar-refractivity contribution in [2.45, 2.75) is 6.54 Å². The van der Waals surface area contributed by atoms with E-state index in [1.165, 1.54) is 5.56 Å². The Morgan fingerprint density at radius 2 is 2.00 bits per heavy atom. The van der Waals surface area contributed by atoms with E-state index in [1.54, 1.807) is 18.3 Å². The van der Waals surface area contributed by atoms with E-state index in [0.29, 0.717) is 18.1 Å². The van der Waals surface area contributed by atoms with Gasteiger partial charge in [-0.05, 0) is 29.8 Å². The van der Waals surface area contributed by atoms with E-state index >= 15 is 0 Å². The van der Waals surface area contributed by atoms with Crippen LogP contribution in [0.4, 0.5) is 10.5 Å². The van der Waals surface area contributed by atoms with E-state index in [2.05, 4.69) is 21.3 Å². The molecule has 1 aliphatic rings. The van der Waals surface area contributed by atoms with Crippen LogP contribution in [-0.4, -0.2) is 47.0 Å². The van der Waals surface area contributed by atoms with Crippen LogP contribution >= 0.6 is 11.6 Å². The summed E-state index contributed by atoms with van der Waals surface area (Å²) in [5, 5.41) is 3.51. The van der Waals surface area contributed by atoms with E-state index < -0.39 is 0 Å². The predicted molar refractivity (Wildman–Crippen MR) is 91.6 cm³/mol. The largest absolute Gasteiger partial charge is 0.322 e. The van der Waals surface area contributed by atoms with Crippen molar-refractivity contribution < 1.29 is 4.79 Å². The standard InChI is InChI=1S/C17H19ClN4O/c18-15-4-1-5-16(11-15)20-17(23)22-9-7-21(8-10-22)13-14-3-2-6-19-12-14/h1-6,11-12H,7-10,13H2,(H,20,23). The normalized spacial score (nSPS) is 15.4. The topological polar surface area (TPSA) is 48.5 Å². The van der Waals surface area contributed by atoms with Crippen molar-refractivity contribution in [2.24, 2.45) is 0 Å². The highest BCUT2D eigenvalue weighted by Crippen LogP contribution is 2.16. The van der Waals surface area contributed by atoms with E-state index in [-0.39, 0.29) is 6.03 Å². The molecular formula is C17H19ClN4O. The maximum atomic E-state index is 12.3. The van der Waals surface area contributed by atoms with Crippen molar-refractivity contribution in [1.29, 1.82) is 0 Å². The minimum Gasteiger partial charge on any atom is -0.322 e. The van der Waals surface area contributed by atoms with Crippen LogP contribution in [0.3, 0.4) is 0 Å². The van der Waals surface area contributed by atoms with Gasteiger partial charge in [-0.25, -0.2) is 4.79 Å². The first-order chi connectivity index (χ1) is 11.2. The van der Waals surface area contributed by atoms with Crippen molar-refractivity contribution in [3.8, 4) is 0 Å². The summed E-state index contributed by atoms with van der Waals surface area (Å²) >= 11 is 5.93. The lowest BCUT2D eigenvalue weighted by atomic mass is 10.2. The third-order valence-corrected chi connectivity index (χ3v) is 4.10. The second kappa shape index (κ2) is 7.44. The highest BCUT2D eigenvalue weighted by molar-refractivity contribution is 6.30. The van der Waals surface area contributed by atoms with Gasteiger partial charge in [0.15, 0.2) is 0 Å². The van der Waals surface area contributed by atoms with Gasteiger partial charge in [-0.3, -0.25) is 9.88 Å². The molecule has 0 spiro atoms. The molecule has 23 heavy (non-hydrogen) atoms. The maximum Gasteiger partial charge on any atom is 0.321 e. The second-order valence-corrected chi connectivity index (χ2v) is 6.00. The first kappa shape index (κ1) is 15.8. The molecule has 5 nitrogen and oxygen atoms in total. The Morgan fingerprint density at radius 1 is 1.17 bits per heavy atom. The Morgan fingerprint density at radius 3 is 2.70 bits per heavy atom. The third kappa shape index (κ3) is 4.43. The molecule has 0 bridgehead atoms. The number of amides is 2. The molecule has 0 saturated carbocycles. The van der Waals surface area contributed by atoms with Crippen LogP contribution in [0.5, 0.6) is 0 Å². The molecule has 1 fully saturated rings. The van der Waals surface area contributed by atoms with Crippen molar-refractivity contribution >= 4 is 23.3 Å². The molecule has 1 saturated heterocycles. The number of carbonyl (C=O) groups is 1. The molecule has 2 amide bonds. The lowest BCUT2D eigenvalue weighted by Gasteiger charge is -2.34. The summed E-state index contributed by atoms with van der Waals surface area (Å²) in [7, 11) is 0. The third-order valence-electron chi connectivity index (χ3n) is 3.86. The summed E-state index contributed by atoms with van der Waals surface area (Å²) in [5.74, 6) is 0. The number of hydrogen-bond acceptors (Lipinski definition) is 3. The fourth-order valence-electron chi connectivity index (χ4n) is 2.63. The van der Waals surface area contributed by atoms with Crippen molar-refractivity contribution in [3.05, 3.63) is 59.4 Å². The fraction of sp³-hybridized carbons (Fsp3) is 0.294. The number of nitrogens with zero attached hydrogens (tertiary/aromatic N) is 3. The Bertz CT molecular complexity index is 657. The monoisotopic (exact) mass is 330 g/mol. The zero-order valence-electron chi connectivity index (χ0n) is 12.8. The number of rotatable bonds is 3. The van der Waals surface area contributed by atoms with Gasteiger partial charge in [-0.15, -0.1) is 0 Å². The van der Waals surface area contributed by atoms with Gasteiger partial charge in [0.1, 0.15) is 0 Å². The average Bonchev–Trinajstić information content (AvgIpc) is 2.56. The number of piperazine rings is 1. The molecule has 2 aromatic rings. The van der Waals surface area contributed by atoms with Crippen molar-refractivity contribution in [1.82, 2.24) is 14.8 Å². The van der Waals surface area contributed by atoms with Gasteiger partial charge >= 0.3 is 6.03 Å². The molecule has 1 aromatic carbocycles. The van der Waals surface area contributed by atoms with Gasteiger partial charge in [0, 0.05) is 55.8 Å². The lowest BCUT2D eigenvalue weighted by Crippen LogP contribution is -2.49. The highest BCUT2D eigenvalue weighted by Gasteiger charge is 2.21. The minimum atomic E-state index is -0.0757. The van der Waals surface area contributed by atoms with Crippen LogP contribution in [-0.2, 0) is 6.54 Å². The first-order valence-corrected chi connectivity index (χ1v) is 8.01. The van der Waals surface area contributed by atoms with Crippen molar-refractivity contribution in [3.63, 3.8) is 0 Å². The maximum absolute atomic E-state index is 12.3. The fourth-order valence-corrected chi connectivity index (χ4v) is 2.82. The van der Waals surface area contributed by atoms with Crippen LogP contribution in [0, 0.1) is 0 Å². The molecule has 0 aliphatic carbocycles. The van der Waals surface area contributed by atoms with Gasteiger partial charge in [-0.2, -0.15) is 0 Å². The smallest absolute Gasteiger partial charge is 0.321 e. The number of benzene rings is 1. The Kier molecular flexibility index (Phi) is 5.10. The number of carbonyl (C=O) groups excluding carboxylic acids is 1. The van der Waals surface area contributed by atoms with Crippen LogP contribution in [0.15, 0.2) is 48.8 Å². The number of halogens is 1. The molecule has 1 aliphatic heterocycles. The van der Waals surface area contributed by atoms with E-state index in [4.69, 9.17) is 11.6 Å². The molecule has 2 heterocycles. The van der Waals surface area contributed by atoms with Gasteiger partial charge in [0.05, 0.1) is 0 Å². The van der Waals surface area contributed by atoms with Gasteiger partial charge in [0.25, 0.3) is 0 Å². The van der Waals surface area contributed by atoms with Crippen LogP contribution in [0.1, 0.15) is 5.56 Å². The average molecular weight is 331 g/mol. The lowest BCUT2D eigenvalue weighted by molar-refractivity contribution is 0.143.